The Kier molecular flexibility index (Phi) is 7.35. The molecule has 2 rings (SSSR count). The standard InChI is InChI=1S/C23H30N2O3/c1-18(26)28-21-14-10-9-11-19(21)17-23(15-16-24(2)3,22(27)25(4)5)20-12-7-6-8-13-20/h6-14H,15-17H2,1-5H3. The van der Waals surface area contributed by atoms with Crippen LogP contribution in [0.15, 0.2) is 54.6 Å². The van der Waals surface area contributed by atoms with E-state index in [-0.39, 0.29) is 11.9 Å². The molecule has 0 saturated heterocycles. The second-order valence-corrected chi connectivity index (χ2v) is 7.58. The molecular weight excluding hydrogens is 352 g/mol. The number of carbonyl (C=O) groups excluding carboxylic acids is 2. The van der Waals surface area contributed by atoms with Crippen molar-refractivity contribution in [1.29, 1.82) is 0 Å². The third kappa shape index (κ3) is 5.20. The summed E-state index contributed by atoms with van der Waals surface area (Å²) in [6.45, 7) is 2.14. The van der Waals surface area contributed by atoms with Crippen LogP contribution in [0.1, 0.15) is 24.5 Å². The van der Waals surface area contributed by atoms with Gasteiger partial charge in [-0.05, 0) is 50.7 Å². The van der Waals surface area contributed by atoms with Crippen LogP contribution in [-0.4, -0.2) is 56.4 Å². The van der Waals surface area contributed by atoms with Crippen molar-refractivity contribution in [3.05, 3.63) is 65.7 Å². The molecule has 0 N–H and O–H groups in total. The number of hydrogen-bond donors (Lipinski definition) is 0. The molecule has 0 spiro atoms. The van der Waals surface area contributed by atoms with E-state index in [0.717, 1.165) is 17.7 Å². The Morgan fingerprint density at radius 1 is 0.929 bits per heavy atom. The Bertz CT molecular complexity index is 803. The van der Waals surface area contributed by atoms with Crippen molar-refractivity contribution < 1.29 is 14.3 Å². The second kappa shape index (κ2) is 9.51. The third-order valence-electron chi connectivity index (χ3n) is 4.85. The van der Waals surface area contributed by atoms with E-state index in [9.17, 15) is 9.59 Å². The highest BCUT2D eigenvalue weighted by Gasteiger charge is 2.41. The van der Waals surface area contributed by atoms with Crippen LogP contribution in [-0.2, 0) is 21.4 Å². The van der Waals surface area contributed by atoms with Crippen molar-refractivity contribution >= 4 is 11.9 Å². The fraction of sp³-hybridized carbons (Fsp3) is 0.391. The lowest BCUT2D eigenvalue weighted by Crippen LogP contribution is -2.47. The van der Waals surface area contributed by atoms with Gasteiger partial charge in [0.2, 0.25) is 5.91 Å². The van der Waals surface area contributed by atoms with Gasteiger partial charge in [0, 0.05) is 21.0 Å². The molecular formula is C23H30N2O3. The third-order valence-corrected chi connectivity index (χ3v) is 4.85. The van der Waals surface area contributed by atoms with Gasteiger partial charge in [-0.25, -0.2) is 0 Å². The molecule has 0 aliphatic carbocycles. The zero-order valence-electron chi connectivity index (χ0n) is 17.4. The summed E-state index contributed by atoms with van der Waals surface area (Å²) in [5, 5.41) is 0. The normalized spacial score (nSPS) is 13.1. The quantitative estimate of drug-likeness (QED) is 0.520. The summed E-state index contributed by atoms with van der Waals surface area (Å²) in [7, 11) is 7.58. The number of hydrogen-bond acceptors (Lipinski definition) is 4. The first kappa shape index (κ1) is 21.6. The molecule has 0 heterocycles. The van der Waals surface area contributed by atoms with Crippen molar-refractivity contribution in [3.8, 4) is 5.75 Å². The number of para-hydroxylation sites is 1. The fourth-order valence-electron chi connectivity index (χ4n) is 3.47. The van der Waals surface area contributed by atoms with Gasteiger partial charge >= 0.3 is 5.97 Å². The molecule has 5 nitrogen and oxygen atoms in total. The van der Waals surface area contributed by atoms with Crippen LogP contribution in [0, 0.1) is 0 Å². The lowest BCUT2D eigenvalue weighted by atomic mass is 9.71. The predicted molar refractivity (Wildman–Crippen MR) is 111 cm³/mol. The summed E-state index contributed by atoms with van der Waals surface area (Å²) in [6, 6.07) is 17.3. The van der Waals surface area contributed by atoms with Gasteiger partial charge in [-0.2, -0.15) is 0 Å². The van der Waals surface area contributed by atoms with Gasteiger partial charge in [0.25, 0.3) is 0 Å². The number of amides is 1. The summed E-state index contributed by atoms with van der Waals surface area (Å²) in [5.74, 6) is 0.176. The maximum atomic E-state index is 13.5. The summed E-state index contributed by atoms with van der Waals surface area (Å²) < 4.78 is 5.42. The number of nitrogens with zero attached hydrogens (tertiary/aromatic N) is 2. The first-order valence-corrected chi connectivity index (χ1v) is 9.44. The summed E-state index contributed by atoms with van der Waals surface area (Å²) in [4.78, 5) is 28.8. The van der Waals surface area contributed by atoms with Gasteiger partial charge in [-0.15, -0.1) is 0 Å². The molecule has 0 aliphatic rings. The summed E-state index contributed by atoms with van der Waals surface area (Å²) in [5.41, 5.74) is 1.05. The van der Waals surface area contributed by atoms with Crippen LogP contribution in [0.25, 0.3) is 0 Å². The summed E-state index contributed by atoms with van der Waals surface area (Å²) in [6.07, 6.45) is 1.10. The molecule has 1 amide bonds. The van der Waals surface area contributed by atoms with Crippen LogP contribution < -0.4 is 4.74 Å². The SMILES string of the molecule is CC(=O)Oc1ccccc1CC(CCN(C)C)(C(=O)N(C)C)c1ccccc1. The number of carbonyl (C=O) groups is 2. The molecule has 150 valence electrons. The van der Waals surface area contributed by atoms with E-state index in [4.69, 9.17) is 4.74 Å². The van der Waals surface area contributed by atoms with Crippen LogP contribution in [0.3, 0.4) is 0 Å². The average molecular weight is 383 g/mol. The van der Waals surface area contributed by atoms with Crippen molar-refractivity contribution in [3.63, 3.8) is 0 Å². The molecule has 5 heteroatoms. The number of rotatable bonds is 8. The fourth-order valence-corrected chi connectivity index (χ4v) is 3.47. The Labute approximate surface area is 167 Å². The second-order valence-electron chi connectivity index (χ2n) is 7.58. The van der Waals surface area contributed by atoms with Crippen molar-refractivity contribution in [2.45, 2.75) is 25.2 Å². The molecule has 2 aromatic rings. The molecule has 1 atom stereocenters. The maximum Gasteiger partial charge on any atom is 0.308 e. The first-order chi connectivity index (χ1) is 13.3. The molecule has 0 fully saturated rings. The molecule has 2 aromatic carbocycles. The van der Waals surface area contributed by atoms with E-state index in [1.165, 1.54) is 6.92 Å². The van der Waals surface area contributed by atoms with E-state index in [2.05, 4.69) is 4.90 Å². The molecule has 0 saturated carbocycles. The Morgan fingerprint density at radius 2 is 1.54 bits per heavy atom. The van der Waals surface area contributed by atoms with Crippen LogP contribution in [0.2, 0.25) is 0 Å². The number of ether oxygens (including phenoxy) is 1. The molecule has 1 unspecified atom stereocenters. The van der Waals surface area contributed by atoms with Crippen molar-refractivity contribution in [2.75, 3.05) is 34.7 Å². The largest absolute Gasteiger partial charge is 0.426 e. The molecule has 0 aliphatic heterocycles. The summed E-state index contributed by atoms with van der Waals surface area (Å²) >= 11 is 0. The minimum absolute atomic E-state index is 0.0400. The van der Waals surface area contributed by atoms with Gasteiger partial charge in [0.1, 0.15) is 5.75 Å². The highest BCUT2D eigenvalue weighted by Crippen LogP contribution is 2.36. The predicted octanol–water partition coefficient (Wildman–Crippen LogP) is 3.13. The Hall–Kier alpha value is -2.66. The minimum Gasteiger partial charge on any atom is -0.426 e. The van der Waals surface area contributed by atoms with E-state index < -0.39 is 5.41 Å². The monoisotopic (exact) mass is 382 g/mol. The smallest absolute Gasteiger partial charge is 0.308 e. The van der Waals surface area contributed by atoms with Crippen LogP contribution >= 0.6 is 0 Å². The highest BCUT2D eigenvalue weighted by molar-refractivity contribution is 5.88. The molecule has 0 bridgehead atoms. The lowest BCUT2D eigenvalue weighted by Gasteiger charge is -2.36. The van der Waals surface area contributed by atoms with Gasteiger partial charge in [-0.1, -0.05) is 48.5 Å². The molecule has 28 heavy (non-hydrogen) atoms. The van der Waals surface area contributed by atoms with Crippen molar-refractivity contribution in [2.24, 2.45) is 0 Å². The van der Waals surface area contributed by atoms with E-state index in [0.29, 0.717) is 18.6 Å². The Morgan fingerprint density at radius 3 is 2.11 bits per heavy atom. The number of esters is 1. The highest BCUT2D eigenvalue weighted by atomic mass is 16.5. The maximum absolute atomic E-state index is 13.5. The number of likely N-dealkylation sites (N-methyl/N-ethyl adjacent to an activating group) is 1. The minimum atomic E-state index is -0.759. The van der Waals surface area contributed by atoms with Gasteiger partial charge in [0.15, 0.2) is 0 Å². The topological polar surface area (TPSA) is 49.9 Å². The van der Waals surface area contributed by atoms with E-state index in [1.54, 1.807) is 25.1 Å². The van der Waals surface area contributed by atoms with Gasteiger partial charge in [0.05, 0.1) is 5.41 Å². The van der Waals surface area contributed by atoms with Crippen molar-refractivity contribution in [1.82, 2.24) is 9.80 Å². The lowest BCUT2D eigenvalue weighted by molar-refractivity contribution is -0.135. The van der Waals surface area contributed by atoms with E-state index in [1.807, 2.05) is 62.6 Å². The Balaban J connectivity index is 2.60. The average Bonchev–Trinajstić information content (AvgIpc) is 2.66. The first-order valence-electron chi connectivity index (χ1n) is 9.44. The zero-order chi connectivity index (χ0) is 20.7. The number of benzene rings is 2. The zero-order valence-corrected chi connectivity index (χ0v) is 17.4. The molecule has 0 aromatic heterocycles. The van der Waals surface area contributed by atoms with Crippen LogP contribution in [0.5, 0.6) is 5.75 Å². The van der Waals surface area contributed by atoms with E-state index >= 15 is 0 Å². The van der Waals surface area contributed by atoms with Gasteiger partial charge in [-0.3, -0.25) is 9.59 Å². The van der Waals surface area contributed by atoms with Gasteiger partial charge < -0.3 is 14.5 Å². The molecule has 0 radical (unpaired) electrons. The van der Waals surface area contributed by atoms with Crippen LogP contribution in [0.4, 0.5) is 0 Å².